The van der Waals surface area contributed by atoms with Gasteiger partial charge in [-0.1, -0.05) is 11.6 Å². The minimum absolute atomic E-state index is 0.185. The second kappa shape index (κ2) is 6.16. The molecule has 1 aliphatic rings. The summed E-state index contributed by atoms with van der Waals surface area (Å²) in [5, 5.41) is 11.3. The topological polar surface area (TPSA) is 66.4 Å². The van der Waals surface area contributed by atoms with Gasteiger partial charge in [-0.25, -0.2) is 0 Å². The molecule has 0 saturated heterocycles. The standard InChI is InChI=1S/C14H13ClF3NO3/c15-10-4-8(3-9(6-10)14(16,17)18)12(20)19-11-2-1-7(5-11)13(21)22/h3-4,6-7,11H,1-2,5H2,(H,19,20)(H,21,22)/t7-,11+/m1/s1. The van der Waals surface area contributed by atoms with E-state index in [0.717, 1.165) is 18.2 Å². The number of alkyl halides is 3. The molecule has 8 heteroatoms. The lowest BCUT2D eigenvalue weighted by molar-refractivity contribution is -0.141. The van der Waals surface area contributed by atoms with Gasteiger partial charge in [-0.2, -0.15) is 13.2 Å². The maximum Gasteiger partial charge on any atom is 0.416 e. The molecule has 0 unspecified atom stereocenters. The first-order chi connectivity index (χ1) is 10.2. The van der Waals surface area contributed by atoms with Crippen LogP contribution in [0.1, 0.15) is 35.2 Å². The molecule has 4 nitrogen and oxygen atoms in total. The van der Waals surface area contributed by atoms with E-state index < -0.39 is 29.5 Å². The number of hydrogen-bond donors (Lipinski definition) is 2. The van der Waals surface area contributed by atoms with Gasteiger partial charge in [-0.05, 0) is 37.5 Å². The molecule has 1 aromatic carbocycles. The highest BCUT2D eigenvalue weighted by molar-refractivity contribution is 6.31. The fourth-order valence-corrected chi connectivity index (χ4v) is 2.73. The summed E-state index contributed by atoms with van der Waals surface area (Å²) in [6, 6.07) is 2.26. The van der Waals surface area contributed by atoms with Crippen LogP contribution in [0.3, 0.4) is 0 Å². The van der Waals surface area contributed by atoms with Gasteiger partial charge >= 0.3 is 12.1 Å². The number of carboxylic acids is 1. The number of amides is 1. The van der Waals surface area contributed by atoms with E-state index in [9.17, 15) is 22.8 Å². The highest BCUT2D eigenvalue weighted by Crippen LogP contribution is 2.32. The molecule has 2 atom stereocenters. The van der Waals surface area contributed by atoms with Crippen LogP contribution >= 0.6 is 11.6 Å². The Kier molecular flexibility index (Phi) is 4.65. The number of carbonyl (C=O) groups excluding carboxylic acids is 1. The lowest BCUT2D eigenvalue weighted by Crippen LogP contribution is -2.33. The Balaban J connectivity index is 2.10. The first kappa shape index (κ1) is 16.6. The number of nitrogens with one attached hydrogen (secondary N) is 1. The third-order valence-corrected chi connectivity index (χ3v) is 3.82. The van der Waals surface area contributed by atoms with Gasteiger partial charge in [-0.3, -0.25) is 9.59 Å². The van der Waals surface area contributed by atoms with Crippen molar-refractivity contribution in [2.75, 3.05) is 0 Å². The van der Waals surface area contributed by atoms with Crippen LogP contribution in [0.4, 0.5) is 13.2 Å². The molecule has 0 spiro atoms. The quantitative estimate of drug-likeness (QED) is 0.890. The van der Waals surface area contributed by atoms with Crippen LogP contribution < -0.4 is 5.32 Å². The lowest BCUT2D eigenvalue weighted by atomic mass is 10.1. The van der Waals surface area contributed by atoms with E-state index in [2.05, 4.69) is 5.32 Å². The molecule has 0 bridgehead atoms. The Morgan fingerprint density at radius 3 is 2.45 bits per heavy atom. The highest BCUT2D eigenvalue weighted by Gasteiger charge is 2.33. The van der Waals surface area contributed by atoms with E-state index in [0.29, 0.717) is 12.8 Å². The fraction of sp³-hybridized carbons (Fsp3) is 0.429. The second-order valence-corrected chi connectivity index (χ2v) is 5.68. The van der Waals surface area contributed by atoms with E-state index in [1.807, 2.05) is 0 Å². The lowest BCUT2D eigenvalue weighted by Gasteiger charge is -2.14. The van der Waals surface area contributed by atoms with E-state index in [4.69, 9.17) is 16.7 Å². The maximum absolute atomic E-state index is 12.7. The molecule has 120 valence electrons. The van der Waals surface area contributed by atoms with E-state index in [1.54, 1.807) is 0 Å². The summed E-state index contributed by atoms with van der Waals surface area (Å²) in [6.45, 7) is 0. The number of aliphatic carboxylic acids is 1. The van der Waals surface area contributed by atoms with Crippen molar-refractivity contribution >= 4 is 23.5 Å². The Hall–Kier alpha value is -1.76. The Labute approximate surface area is 129 Å². The molecule has 0 radical (unpaired) electrons. The highest BCUT2D eigenvalue weighted by atomic mass is 35.5. The molecular formula is C14H13ClF3NO3. The van der Waals surface area contributed by atoms with Gasteiger partial charge in [0, 0.05) is 16.6 Å². The van der Waals surface area contributed by atoms with Gasteiger partial charge in [0.05, 0.1) is 11.5 Å². The smallest absolute Gasteiger partial charge is 0.416 e. The Bertz CT molecular complexity index is 603. The van der Waals surface area contributed by atoms with Crippen LogP contribution in [0.2, 0.25) is 5.02 Å². The van der Waals surface area contributed by atoms with Gasteiger partial charge in [0.2, 0.25) is 0 Å². The molecule has 2 rings (SSSR count). The molecule has 2 N–H and O–H groups in total. The predicted octanol–water partition coefficient (Wildman–Crippen LogP) is 3.34. The minimum atomic E-state index is -4.60. The Morgan fingerprint density at radius 2 is 1.91 bits per heavy atom. The van der Waals surface area contributed by atoms with Crippen molar-refractivity contribution in [1.29, 1.82) is 0 Å². The largest absolute Gasteiger partial charge is 0.481 e. The monoisotopic (exact) mass is 335 g/mol. The Morgan fingerprint density at radius 1 is 1.23 bits per heavy atom. The van der Waals surface area contributed by atoms with Crippen LogP contribution in [0, 0.1) is 5.92 Å². The van der Waals surface area contributed by atoms with Crippen molar-refractivity contribution in [3.63, 3.8) is 0 Å². The molecule has 1 amide bonds. The summed E-state index contributed by atoms with van der Waals surface area (Å²) in [6.07, 6.45) is -3.41. The van der Waals surface area contributed by atoms with Crippen molar-refractivity contribution < 1.29 is 27.9 Å². The average Bonchev–Trinajstić information content (AvgIpc) is 2.85. The van der Waals surface area contributed by atoms with Crippen LogP contribution in [-0.2, 0) is 11.0 Å². The zero-order valence-corrected chi connectivity index (χ0v) is 12.0. The maximum atomic E-state index is 12.7. The molecule has 1 saturated carbocycles. The SMILES string of the molecule is O=C(N[C@H]1CC[C@@H](C(=O)O)C1)c1cc(Cl)cc(C(F)(F)F)c1. The number of hydrogen-bond acceptors (Lipinski definition) is 2. The number of benzene rings is 1. The van der Waals surface area contributed by atoms with Crippen molar-refractivity contribution in [3.8, 4) is 0 Å². The minimum Gasteiger partial charge on any atom is -0.481 e. The summed E-state index contributed by atoms with van der Waals surface area (Å²) in [5.41, 5.74) is -1.20. The van der Waals surface area contributed by atoms with Crippen LogP contribution in [-0.4, -0.2) is 23.0 Å². The second-order valence-electron chi connectivity index (χ2n) is 5.24. The van der Waals surface area contributed by atoms with Gasteiger partial charge in [-0.15, -0.1) is 0 Å². The van der Waals surface area contributed by atoms with Crippen LogP contribution in [0.25, 0.3) is 0 Å². The predicted molar refractivity (Wildman–Crippen MR) is 72.7 cm³/mol. The van der Waals surface area contributed by atoms with E-state index in [-0.39, 0.29) is 23.0 Å². The van der Waals surface area contributed by atoms with Gasteiger partial charge in [0.1, 0.15) is 0 Å². The van der Waals surface area contributed by atoms with Crippen LogP contribution in [0.5, 0.6) is 0 Å². The summed E-state index contributed by atoms with van der Waals surface area (Å²) in [4.78, 5) is 22.9. The van der Waals surface area contributed by atoms with Gasteiger partial charge < -0.3 is 10.4 Å². The third-order valence-electron chi connectivity index (χ3n) is 3.60. The summed E-state index contributed by atoms with van der Waals surface area (Å²) < 4.78 is 38.1. The molecule has 1 fully saturated rings. The summed E-state index contributed by atoms with van der Waals surface area (Å²) in [5.74, 6) is -2.15. The normalized spacial score (nSPS) is 21.6. The van der Waals surface area contributed by atoms with Gasteiger partial charge in [0.15, 0.2) is 0 Å². The van der Waals surface area contributed by atoms with Crippen molar-refractivity contribution in [2.45, 2.75) is 31.5 Å². The van der Waals surface area contributed by atoms with Crippen molar-refractivity contribution in [3.05, 3.63) is 34.3 Å². The summed E-state index contributed by atoms with van der Waals surface area (Å²) >= 11 is 5.62. The summed E-state index contributed by atoms with van der Waals surface area (Å²) in [7, 11) is 0. The van der Waals surface area contributed by atoms with E-state index in [1.165, 1.54) is 0 Å². The zero-order chi connectivity index (χ0) is 16.5. The molecule has 1 aromatic rings. The molecule has 1 aliphatic carbocycles. The molecule has 0 aliphatic heterocycles. The molecule has 22 heavy (non-hydrogen) atoms. The number of carbonyl (C=O) groups is 2. The first-order valence-corrected chi connectivity index (χ1v) is 6.96. The number of carboxylic acid groups (broad SMARTS) is 1. The van der Waals surface area contributed by atoms with Gasteiger partial charge in [0.25, 0.3) is 5.91 Å². The molecule has 0 aromatic heterocycles. The zero-order valence-electron chi connectivity index (χ0n) is 11.3. The van der Waals surface area contributed by atoms with Crippen molar-refractivity contribution in [1.82, 2.24) is 5.32 Å². The third kappa shape index (κ3) is 3.91. The van der Waals surface area contributed by atoms with Crippen LogP contribution in [0.15, 0.2) is 18.2 Å². The number of halogens is 4. The molecular weight excluding hydrogens is 323 g/mol. The number of rotatable bonds is 3. The first-order valence-electron chi connectivity index (χ1n) is 6.58. The fourth-order valence-electron chi connectivity index (χ4n) is 2.49. The van der Waals surface area contributed by atoms with E-state index >= 15 is 0 Å². The molecule has 0 heterocycles. The van der Waals surface area contributed by atoms with Crippen molar-refractivity contribution in [2.24, 2.45) is 5.92 Å². The average molecular weight is 336 g/mol.